The number of hydrogen-bond acceptors (Lipinski definition) is 6. The molecule has 0 radical (unpaired) electrons. The van der Waals surface area contributed by atoms with Crippen molar-refractivity contribution < 1.29 is 9.26 Å². The van der Waals surface area contributed by atoms with Crippen LogP contribution >= 0.6 is 34.5 Å². The monoisotopic (exact) mass is 577 g/mol. The van der Waals surface area contributed by atoms with Crippen LogP contribution in [0.4, 0.5) is 0 Å². The molecule has 4 fully saturated rings. The van der Waals surface area contributed by atoms with Crippen LogP contribution in [0.1, 0.15) is 74.2 Å². The summed E-state index contributed by atoms with van der Waals surface area (Å²) in [6.07, 6.45) is 18.7. The third kappa shape index (κ3) is 4.97. The van der Waals surface area contributed by atoms with E-state index in [0.717, 1.165) is 67.7 Å². The van der Waals surface area contributed by atoms with Crippen molar-refractivity contribution in [2.45, 2.75) is 69.5 Å². The molecule has 3 aromatic heterocycles. The van der Waals surface area contributed by atoms with Gasteiger partial charge in [0.1, 0.15) is 16.5 Å². The second-order valence-corrected chi connectivity index (χ2v) is 13.0. The maximum absolute atomic E-state index is 6.79. The minimum atomic E-state index is -0.0911. The summed E-state index contributed by atoms with van der Waals surface area (Å²) in [7, 11) is 0. The van der Waals surface area contributed by atoms with Gasteiger partial charge in [-0.15, -0.1) is 11.3 Å². The number of benzene rings is 1. The molecule has 0 saturated heterocycles. The molecule has 3 heterocycles. The zero-order valence-corrected chi connectivity index (χ0v) is 23.9. The van der Waals surface area contributed by atoms with Gasteiger partial charge < -0.3 is 9.26 Å². The number of thiazole rings is 1. The van der Waals surface area contributed by atoms with Crippen LogP contribution in [0, 0.1) is 5.41 Å². The third-order valence-electron chi connectivity index (χ3n) is 8.83. The van der Waals surface area contributed by atoms with Crippen LogP contribution < -0.4 is 0 Å². The molecule has 2 bridgehead atoms. The van der Waals surface area contributed by atoms with Crippen LogP contribution in [0.15, 0.2) is 58.8 Å². The van der Waals surface area contributed by atoms with Crippen LogP contribution in [0.2, 0.25) is 10.0 Å². The Labute approximate surface area is 242 Å². The Morgan fingerprint density at radius 3 is 2.36 bits per heavy atom. The Hall–Kier alpha value is -2.51. The van der Waals surface area contributed by atoms with E-state index >= 15 is 0 Å². The van der Waals surface area contributed by atoms with Crippen molar-refractivity contribution in [2.24, 2.45) is 5.41 Å². The topological polar surface area (TPSA) is 61.0 Å². The van der Waals surface area contributed by atoms with Gasteiger partial charge in [0.05, 0.1) is 22.3 Å². The van der Waals surface area contributed by atoms with Gasteiger partial charge in [-0.3, -0.25) is 4.98 Å². The van der Waals surface area contributed by atoms with E-state index in [-0.39, 0.29) is 11.0 Å². The van der Waals surface area contributed by atoms with Crippen LogP contribution in [-0.2, 0) is 11.3 Å². The minimum Gasteiger partial charge on any atom is -0.370 e. The number of hydrogen-bond donors (Lipinski definition) is 0. The summed E-state index contributed by atoms with van der Waals surface area (Å²) < 4.78 is 12.6. The summed E-state index contributed by atoms with van der Waals surface area (Å²) in [6, 6.07) is 8.71. The zero-order chi connectivity index (χ0) is 26.5. The van der Waals surface area contributed by atoms with Crippen LogP contribution in [0.25, 0.3) is 27.9 Å². The van der Waals surface area contributed by atoms with Crippen molar-refractivity contribution >= 4 is 40.6 Å². The lowest BCUT2D eigenvalue weighted by Crippen LogP contribution is -2.46. The molecule has 5 nitrogen and oxygen atoms in total. The third-order valence-corrected chi connectivity index (χ3v) is 10.2. The quantitative estimate of drug-likeness (QED) is 0.208. The highest BCUT2D eigenvalue weighted by Crippen LogP contribution is 2.55. The van der Waals surface area contributed by atoms with E-state index in [2.05, 4.69) is 51.5 Å². The number of aromatic nitrogens is 3. The van der Waals surface area contributed by atoms with Gasteiger partial charge in [-0.2, -0.15) is 0 Å². The normalized spacial score (nSPS) is 24.6. The Morgan fingerprint density at radius 2 is 1.72 bits per heavy atom. The molecule has 0 N–H and O–H groups in total. The molecule has 0 unspecified atom stereocenters. The molecular weight excluding hydrogens is 549 g/mol. The van der Waals surface area contributed by atoms with E-state index in [1.165, 1.54) is 11.1 Å². The molecule has 4 saturated carbocycles. The van der Waals surface area contributed by atoms with E-state index in [4.69, 9.17) is 32.5 Å². The standard InChI is InChI=1S/C31H29Cl2N3O2S/c32-24-17-34-18-25(33)26(24)27-23(28(38-36-27)21-5-6-21)19-37-31-12-9-30(10-13-31,11-14-31)8-7-20-1-3-22(4-2-20)29-35-15-16-39-29/h1-4,7-8,15-18,21H,5-6,9-14,19H2/b8-7+. The average Bonchev–Trinajstić information content (AvgIpc) is 3.49. The van der Waals surface area contributed by atoms with Crippen molar-refractivity contribution in [3.05, 3.63) is 81.2 Å². The molecule has 0 amide bonds. The Balaban J connectivity index is 1.04. The average molecular weight is 579 g/mol. The number of pyridine rings is 1. The number of rotatable bonds is 8. The first-order valence-corrected chi connectivity index (χ1v) is 15.3. The van der Waals surface area contributed by atoms with Crippen LogP contribution in [-0.4, -0.2) is 20.7 Å². The van der Waals surface area contributed by atoms with E-state index < -0.39 is 0 Å². The first kappa shape index (κ1) is 25.5. The molecule has 4 aromatic rings. The van der Waals surface area contributed by atoms with Gasteiger partial charge in [0.25, 0.3) is 0 Å². The number of nitrogens with zero attached hydrogens (tertiary/aromatic N) is 3. The number of fused-ring (bicyclic) bond motifs is 3. The molecule has 39 heavy (non-hydrogen) atoms. The molecule has 0 spiro atoms. The first-order valence-electron chi connectivity index (χ1n) is 13.6. The molecule has 1 aromatic carbocycles. The molecule has 4 aliphatic carbocycles. The summed E-state index contributed by atoms with van der Waals surface area (Å²) in [6.45, 7) is 0.466. The molecule has 0 atom stereocenters. The number of halogens is 2. The van der Waals surface area contributed by atoms with E-state index in [1.54, 1.807) is 23.7 Å². The van der Waals surface area contributed by atoms with E-state index in [9.17, 15) is 0 Å². The predicted octanol–water partition coefficient (Wildman–Crippen LogP) is 9.37. The van der Waals surface area contributed by atoms with E-state index in [0.29, 0.717) is 33.8 Å². The Morgan fingerprint density at radius 1 is 1.00 bits per heavy atom. The maximum atomic E-state index is 6.79. The van der Waals surface area contributed by atoms with E-state index in [1.807, 2.05) is 11.6 Å². The van der Waals surface area contributed by atoms with Gasteiger partial charge >= 0.3 is 0 Å². The lowest BCUT2D eigenvalue weighted by atomic mass is 9.58. The summed E-state index contributed by atoms with van der Waals surface area (Å²) in [5.74, 6) is 1.34. The van der Waals surface area contributed by atoms with Gasteiger partial charge in [0.15, 0.2) is 0 Å². The van der Waals surface area contributed by atoms with Crippen LogP contribution in [0.3, 0.4) is 0 Å². The van der Waals surface area contributed by atoms with Crippen molar-refractivity contribution in [1.29, 1.82) is 0 Å². The molecule has 0 aliphatic heterocycles. The summed E-state index contributed by atoms with van der Waals surface area (Å²) >= 11 is 14.7. The minimum absolute atomic E-state index is 0.0911. The Bertz CT molecular complexity index is 1460. The summed E-state index contributed by atoms with van der Waals surface area (Å²) in [5.41, 5.74) is 4.94. The fourth-order valence-electron chi connectivity index (χ4n) is 6.21. The second-order valence-electron chi connectivity index (χ2n) is 11.3. The van der Waals surface area contributed by atoms with Gasteiger partial charge in [0.2, 0.25) is 0 Å². The first-order chi connectivity index (χ1) is 19.0. The van der Waals surface area contributed by atoms with Gasteiger partial charge in [0, 0.05) is 46.6 Å². The summed E-state index contributed by atoms with van der Waals surface area (Å²) in [4.78, 5) is 8.51. The largest absolute Gasteiger partial charge is 0.370 e. The van der Waals surface area contributed by atoms with Gasteiger partial charge in [-0.1, -0.05) is 64.8 Å². The van der Waals surface area contributed by atoms with Crippen LogP contribution in [0.5, 0.6) is 0 Å². The predicted molar refractivity (Wildman–Crippen MR) is 156 cm³/mol. The van der Waals surface area contributed by atoms with Gasteiger partial charge in [-0.05, 0) is 62.3 Å². The maximum Gasteiger partial charge on any atom is 0.145 e. The fraction of sp³-hybridized carbons (Fsp3) is 0.387. The molecule has 4 aliphatic rings. The van der Waals surface area contributed by atoms with Crippen molar-refractivity contribution in [3.8, 4) is 21.8 Å². The highest BCUT2D eigenvalue weighted by molar-refractivity contribution is 7.13. The number of allylic oxidation sites excluding steroid dienone is 1. The smallest absolute Gasteiger partial charge is 0.145 e. The van der Waals surface area contributed by atoms with Crippen molar-refractivity contribution in [1.82, 2.24) is 15.1 Å². The van der Waals surface area contributed by atoms with Crippen molar-refractivity contribution in [2.75, 3.05) is 0 Å². The zero-order valence-electron chi connectivity index (χ0n) is 21.5. The van der Waals surface area contributed by atoms with Gasteiger partial charge in [-0.25, -0.2) is 4.98 Å². The molecule has 8 heteroatoms. The summed E-state index contributed by atoms with van der Waals surface area (Å²) in [5, 5.41) is 8.44. The molecule has 8 rings (SSSR count). The lowest BCUT2D eigenvalue weighted by Gasteiger charge is -2.52. The highest BCUT2D eigenvalue weighted by atomic mass is 35.5. The van der Waals surface area contributed by atoms with Crippen molar-refractivity contribution in [3.63, 3.8) is 0 Å². The fourth-order valence-corrected chi connectivity index (χ4v) is 7.40. The number of ether oxygens (including phenoxy) is 1. The Kier molecular flexibility index (Phi) is 6.63. The second kappa shape index (κ2) is 10.2. The lowest BCUT2D eigenvalue weighted by molar-refractivity contribution is -0.133. The SMILES string of the molecule is Clc1cncc(Cl)c1-c1noc(C2CC2)c1COC12CCC(/C=C/c3ccc(-c4nccs4)cc3)(CC1)CC2. The highest BCUT2D eigenvalue weighted by Gasteiger charge is 2.48. The molecular formula is C31H29Cl2N3O2S. The molecule has 200 valence electrons.